The minimum absolute atomic E-state index is 0.135. The Bertz CT molecular complexity index is 1400. The lowest BCUT2D eigenvalue weighted by Gasteiger charge is -2.22. The number of carboxylic acid groups (broad SMARTS) is 1. The summed E-state index contributed by atoms with van der Waals surface area (Å²) < 4.78 is 7.85. The van der Waals surface area contributed by atoms with Crippen molar-refractivity contribution in [2.24, 2.45) is 0 Å². The number of aromatic carboxylic acids is 1. The van der Waals surface area contributed by atoms with Gasteiger partial charge in [-0.25, -0.2) is 9.48 Å². The highest BCUT2D eigenvalue weighted by Gasteiger charge is 2.21. The molecule has 0 aliphatic carbocycles. The van der Waals surface area contributed by atoms with Gasteiger partial charge in [0.05, 0.1) is 21.3 Å². The summed E-state index contributed by atoms with van der Waals surface area (Å²) in [6, 6.07) is 18.2. The third-order valence-electron chi connectivity index (χ3n) is 6.07. The number of hydrogen-bond donors (Lipinski definition) is 1. The molecule has 0 bridgehead atoms. The van der Waals surface area contributed by atoms with Gasteiger partial charge in [0.25, 0.3) is 0 Å². The van der Waals surface area contributed by atoms with Gasteiger partial charge in [0.2, 0.25) is 0 Å². The van der Waals surface area contributed by atoms with E-state index in [0.29, 0.717) is 28.0 Å². The number of hydrogen-bond acceptors (Lipinski definition) is 5. The van der Waals surface area contributed by atoms with Gasteiger partial charge in [0, 0.05) is 19.3 Å². The SMILES string of the molecule is Cc1cc(OCc2c(C(C)C)nnn2-c2c(Cl)cccc2Cl)ccc1N(C)Cc1ccc(C(=O)O)cc1. The fourth-order valence-corrected chi connectivity index (χ4v) is 4.73. The van der Waals surface area contributed by atoms with Gasteiger partial charge < -0.3 is 14.7 Å². The summed E-state index contributed by atoms with van der Waals surface area (Å²) in [5.74, 6) is -0.0789. The number of para-hydroxylation sites is 1. The van der Waals surface area contributed by atoms with Crippen molar-refractivity contribution in [2.45, 2.75) is 39.8 Å². The summed E-state index contributed by atoms with van der Waals surface area (Å²) in [6.45, 7) is 7.02. The van der Waals surface area contributed by atoms with E-state index in [4.69, 9.17) is 33.0 Å². The van der Waals surface area contributed by atoms with E-state index in [-0.39, 0.29) is 18.1 Å². The van der Waals surface area contributed by atoms with E-state index < -0.39 is 5.97 Å². The van der Waals surface area contributed by atoms with Gasteiger partial charge in [-0.15, -0.1) is 5.10 Å². The van der Waals surface area contributed by atoms with Crippen molar-refractivity contribution >= 4 is 34.9 Å². The number of benzene rings is 3. The summed E-state index contributed by atoms with van der Waals surface area (Å²) in [7, 11) is 2.00. The molecule has 3 aromatic carbocycles. The van der Waals surface area contributed by atoms with Crippen LogP contribution < -0.4 is 9.64 Å². The number of anilines is 1. The van der Waals surface area contributed by atoms with Crippen LogP contribution in [0.4, 0.5) is 5.69 Å². The summed E-state index contributed by atoms with van der Waals surface area (Å²) in [4.78, 5) is 13.2. The zero-order valence-electron chi connectivity index (χ0n) is 21.1. The van der Waals surface area contributed by atoms with Gasteiger partial charge in [0.1, 0.15) is 23.7 Å². The van der Waals surface area contributed by atoms with E-state index in [2.05, 4.69) is 29.1 Å². The number of halogens is 2. The third kappa shape index (κ3) is 5.89. The summed E-state index contributed by atoms with van der Waals surface area (Å²) in [5, 5.41) is 18.8. The molecule has 0 aliphatic heterocycles. The molecule has 0 fully saturated rings. The van der Waals surface area contributed by atoms with Crippen LogP contribution in [0.3, 0.4) is 0 Å². The minimum atomic E-state index is -0.930. The van der Waals surface area contributed by atoms with Crippen molar-refractivity contribution in [2.75, 3.05) is 11.9 Å². The highest BCUT2D eigenvalue weighted by Crippen LogP contribution is 2.32. The lowest BCUT2D eigenvalue weighted by Crippen LogP contribution is -2.17. The number of carbonyl (C=O) groups is 1. The van der Waals surface area contributed by atoms with Crippen LogP contribution in [0.1, 0.15) is 52.6 Å². The van der Waals surface area contributed by atoms with Crippen LogP contribution in [0.15, 0.2) is 60.7 Å². The standard InChI is InChI=1S/C28H28Cl2N4O3/c1-17(2)26-25(34(32-31-26)27-22(29)6-5-7-23(27)30)16-37-21-12-13-24(18(3)14-21)33(4)15-19-8-10-20(11-9-19)28(35)36/h5-14,17H,15-16H2,1-4H3,(H,35,36). The Balaban J connectivity index is 1.52. The molecule has 192 valence electrons. The molecule has 1 heterocycles. The number of nitrogens with zero attached hydrogens (tertiary/aromatic N) is 4. The van der Waals surface area contributed by atoms with E-state index in [1.807, 2.05) is 44.3 Å². The second-order valence-corrected chi connectivity index (χ2v) is 9.97. The fourth-order valence-electron chi connectivity index (χ4n) is 4.18. The van der Waals surface area contributed by atoms with Gasteiger partial charge >= 0.3 is 5.97 Å². The molecular formula is C28H28Cl2N4O3. The van der Waals surface area contributed by atoms with Gasteiger partial charge in [-0.3, -0.25) is 0 Å². The largest absolute Gasteiger partial charge is 0.487 e. The third-order valence-corrected chi connectivity index (χ3v) is 6.68. The molecule has 0 amide bonds. The first-order valence-electron chi connectivity index (χ1n) is 11.8. The maximum atomic E-state index is 11.1. The second kappa shape index (κ2) is 11.2. The normalized spacial score (nSPS) is 11.1. The lowest BCUT2D eigenvalue weighted by atomic mass is 10.1. The van der Waals surface area contributed by atoms with Crippen LogP contribution >= 0.6 is 23.2 Å². The number of aryl methyl sites for hydroxylation is 1. The Morgan fingerprint density at radius 1 is 1.08 bits per heavy atom. The van der Waals surface area contributed by atoms with Crippen molar-refractivity contribution in [1.29, 1.82) is 0 Å². The molecule has 0 aliphatic rings. The number of carboxylic acids is 1. The van der Waals surface area contributed by atoms with E-state index in [9.17, 15) is 4.79 Å². The fraction of sp³-hybridized carbons (Fsp3) is 0.250. The monoisotopic (exact) mass is 538 g/mol. The zero-order valence-corrected chi connectivity index (χ0v) is 22.6. The Morgan fingerprint density at radius 2 is 1.76 bits per heavy atom. The molecule has 0 saturated heterocycles. The van der Waals surface area contributed by atoms with Gasteiger partial charge in [-0.1, -0.05) is 60.5 Å². The first-order valence-corrected chi connectivity index (χ1v) is 12.6. The highest BCUT2D eigenvalue weighted by molar-refractivity contribution is 6.37. The molecule has 9 heteroatoms. The minimum Gasteiger partial charge on any atom is -0.487 e. The Kier molecular flexibility index (Phi) is 8.05. The van der Waals surface area contributed by atoms with Crippen LogP contribution in [-0.2, 0) is 13.2 Å². The van der Waals surface area contributed by atoms with E-state index in [1.165, 1.54) is 0 Å². The molecule has 4 aromatic rings. The molecule has 0 atom stereocenters. The van der Waals surface area contributed by atoms with E-state index in [1.54, 1.807) is 35.0 Å². The van der Waals surface area contributed by atoms with Crippen molar-refractivity contribution in [3.8, 4) is 11.4 Å². The average Bonchev–Trinajstić information content (AvgIpc) is 3.26. The topological polar surface area (TPSA) is 80.5 Å². The molecule has 0 saturated carbocycles. The van der Waals surface area contributed by atoms with Crippen LogP contribution in [0.25, 0.3) is 5.69 Å². The van der Waals surface area contributed by atoms with Crippen molar-refractivity contribution in [1.82, 2.24) is 15.0 Å². The summed E-state index contributed by atoms with van der Waals surface area (Å²) >= 11 is 12.9. The Morgan fingerprint density at radius 3 is 2.35 bits per heavy atom. The molecule has 0 spiro atoms. The maximum Gasteiger partial charge on any atom is 0.335 e. The second-order valence-electron chi connectivity index (χ2n) is 9.15. The molecule has 4 rings (SSSR count). The Hall–Kier alpha value is -3.55. The predicted octanol–water partition coefficient (Wildman–Crippen LogP) is 6.92. The molecule has 7 nitrogen and oxygen atoms in total. The first kappa shape index (κ1) is 26.5. The molecule has 1 N–H and O–H groups in total. The maximum absolute atomic E-state index is 11.1. The summed E-state index contributed by atoms with van der Waals surface area (Å²) in [6.07, 6.45) is 0. The number of ether oxygens (including phenoxy) is 1. The van der Waals surface area contributed by atoms with E-state index >= 15 is 0 Å². The summed E-state index contributed by atoms with van der Waals surface area (Å²) in [5.41, 5.74) is 5.57. The molecule has 37 heavy (non-hydrogen) atoms. The van der Waals surface area contributed by atoms with Crippen molar-refractivity contribution < 1.29 is 14.6 Å². The van der Waals surface area contributed by atoms with Crippen LogP contribution in [0.5, 0.6) is 5.75 Å². The van der Waals surface area contributed by atoms with Crippen LogP contribution in [0, 0.1) is 6.92 Å². The number of rotatable bonds is 9. The van der Waals surface area contributed by atoms with Gasteiger partial charge in [-0.2, -0.15) is 0 Å². The molecule has 0 unspecified atom stereocenters. The highest BCUT2D eigenvalue weighted by atomic mass is 35.5. The average molecular weight is 539 g/mol. The zero-order chi connectivity index (χ0) is 26.7. The van der Waals surface area contributed by atoms with Gasteiger partial charge in [-0.05, 0) is 66.4 Å². The quantitative estimate of drug-likeness (QED) is 0.249. The Labute approximate surface area is 226 Å². The van der Waals surface area contributed by atoms with E-state index in [0.717, 1.165) is 28.2 Å². The molecular weight excluding hydrogens is 511 g/mol. The van der Waals surface area contributed by atoms with Crippen molar-refractivity contribution in [3.05, 3.63) is 98.8 Å². The van der Waals surface area contributed by atoms with Crippen LogP contribution in [-0.4, -0.2) is 33.1 Å². The van der Waals surface area contributed by atoms with Gasteiger partial charge in [0.15, 0.2) is 0 Å². The first-order chi connectivity index (χ1) is 17.7. The lowest BCUT2D eigenvalue weighted by molar-refractivity contribution is 0.0697. The smallest absolute Gasteiger partial charge is 0.335 e. The molecule has 0 radical (unpaired) electrons. The number of aromatic nitrogens is 3. The predicted molar refractivity (Wildman–Crippen MR) is 146 cm³/mol. The molecule has 1 aromatic heterocycles. The van der Waals surface area contributed by atoms with Crippen LogP contribution in [0.2, 0.25) is 10.0 Å². The van der Waals surface area contributed by atoms with Crippen molar-refractivity contribution in [3.63, 3.8) is 0 Å².